The minimum Gasteiger partial charge on any atom is -0.324 e. The van der Waals surface area contributed by atoms with Crippen LogP contribution in [0.1, 0.15) is 37.7 Å². The zero-order chi connectivity index (χ0) is 11.8. The molecule has 1 aliphatic rings. The molecule has 17 heavy (non-hydrogen) atoms. The Hall–Kier alpha value is -1.61. The van der Waals surface area contributed by atoms with Gasteiger partial charge < -0.3 is 10.3 Å². The molecule has 0 saturated heterocycles. The largest absolute Gasteiger partial charge is 0.324 e. The first-order valence-corrected chi connectivity index (χ1v) is 6.15. The highest BCUT2D eigenvalue weighted by atomic mass is 15.1. The summed E-state index contributed by atoms with van der Waals surface area (Å²) in [5, 5.41) is 0. The first kappa shape index (κ1) is 10.5. The highest BCUT2D eigenvalue weighted by molar-refractivity contribution is 5.59. The molecule has 1 saturated carbocycles. The van der Waals surface area contributed by atoms with Crippen molar-refractivity contribution in [2.75, 3.05) is 0 Å². The van der Waals surface area contributed by atoms with Crippen molar-refractivity contribution in [3.05, 3.63) is 42.4 Å². The second-order valence-corrected chi connectivity index (χ2v) is 4.76. The quantitative estimate of drug-likeness (QED) is 0.876. The molecule has 0 spiro atoms. The lowest BCUT2D eigenvalue weighted by molar-refractivity contribution is 0.630. The molecule has 1 unspecified atom stereocenters. The molecule has 1 aromatic carbocycles. The molecule has 0 amide bonds. The molecule has 3 nitrogen and oxygen atoms in total. The van der Waals surface area contributed by atoms with Gasteiger partial charge in [0.1, 0.15) is 5.82 Å². The number of hydrogen-bond acceptors (Lipinski definition) is 2. The number of benzene rings is 1. The van der Waals surface area contributed by atoms with Crippen molar-refractivity contribution >= 4 is 0 Å². The fourth-order valence-electron chi connectivity index (χ4n) is 2.25. The van der Waals surface area contributed by atoms with Crippen LogP contribution in [0.2, 0.25) is 0 Å². The minimum atomic E-state index is -0.00642. The van der Waals surface area contributed by atoms with E-state index in [1.165, 1.54) is 24.1 Å². The van der Waals surface area contributed by atoms with Crippen LogP contribution in [-0.4, -0.2) is 9.55 Å². The lowest BCUT2D eigenvalue weighted by Gasteiger charge is -2.13. The van der Waals surface area contributed by atoms with Gasteiger partial charge in [-0.3, -0.25) is 0 Å². The highest BCUT2D eigenvalue weighted by Crippen LogP contribution is 2.40. The zero-order valence-electron chi connectivity index (χ0n) is 10.0. The molecule has 0 aliphatic heterocycles. The normalized spacial score (nSPS) is 17.1. The average molecular weight is 227 g/mol. The molecule has 1 heterocycles. The van der Waals surface area contributed by atoms with Crippen molar-refractivity contribution in [1.29, 1.82) is 0 Å². The second-order valence-electron chi connectivity index (χ2n) is 4.76. The van der Waals surface area contributed by atoms with Crippen LogP contribution in [0.5, 0.6) is 0 Å². The molecule has 1 aliphatic carbocycles. The Bertz CT molecular complexity index is 510. The van der Waals surface area contributed by atoms with E-state index in [-0.39, 0.29) is 6.04 Å². The third-order valence-corrected chi connectivity index (χ3v) is 3.21. The molecule has 3 heteroatoms. The molecule has 1 fully saturated rings. The van der Waals surface area contributed by atoms with Gasteiger partial charge in [-0.25, -0.2) is 4.98 Å². The van der Waals surface area contributed by atoms with E-state index in [4.69, 9.17) is 5.73 Å². The Morgan fingerprint density at radius 1 is 1.29 bits per heavy atom. The van der Waals surface area contributed by atoms with E-state index in [0.29, 0.717) is 6.04 Å². The molecule has 2 aromatic rings. The van der Waals surface area contributed by atoms with Crippen LogP contribution in [0.3, 0.4) is 0 Å². The zero-order valence-corrected chi connectivity index (χ0v) is 10.0. The van der Waals surface area contributed by atoms with E-state index < -0.39 is 0 Å². The Morgan fingerprint density at radius 3 is 2.59 bits per heavy atom. The summed E-state index contributed by atoms with van der Waals surface area (Å²) in [6.45, 7) is 2.00. The van der Waals surface area contributed by atoms with E-state index in [0.717, 1.165) is 5.82 Å². The number of hydrogen-bond donors (Lipinski definition) is 1. The molecule has 0 bridgehead atoms. The summed E-state index contributed by atoms with van der Waals surface area (Å²) in [4.78, 5) is 4.49. The van der Waals surface area contributed by atoms with E-state index in [2.05, 4.69) is 33.8 Å². The smallest absolute Gasteiger partial charge is 0.126 e. The minimum absolute atomic E-state index is 0.00642. The van der Waals surface area contributed by atoms with Crippen molar-refractivity contribution in [3.63, 3.8) is 0 Å². The van der Waals surface area contributed by atoms with Crippen molar-refractivity contribution in [3.8, 4) is 11.3 Å². The topological polar surface area (TPSA) is 43.8 Å². The van der Waals surface area contributed by atoms with Gasteiger partial charge in [-0.05, 0) is 25.3 Å². The predicted octanol–water partition coefficient (Wildman–Crippen LogP) is 2.90. The number of rotatable bonds is 3. The van der Waals surface area contributed by atoms with Gasteiger partial charge in [0.2, 0.25) is 0 Å². The fourth-order valence-corrected chi connectivity index (χ4v) is 2.25. The van der Waals surface area contributed by atoms with Crippen LogP contribution in [0.25, 0.3) is 11.3 Å². The average Bonchev–Trinajstić information content (AvgIpc) is 3.08. The maximum Gasteiger partial charge on any atom is 0.126 e. The lowest BCUT2D eigenvalue weighted by Crippen LogP contribution is -2.13. The maximum atomic E-state index is 5.99. The van der Waals surface area contributed by atoms with E-state index in [9.17, 15) is 0 Å². The van der Waals surface area contributed by atoms with Gasteiger partial charge in [-0.15, -0.1) is 0 Å². The molecule has 2 N–H and O–H groups in total. The van der Waals surface area contributed by atoms with E-state index >= 15 is 0 Å². The number of nitrogens with zero attached hydrogens (tertiary/aromatic N) is 2. The fraction of sp³-hybridized carbons (Fsp3) is 0.357. The number of aromatic nitrogens is 2. The molecule has 1 aromatic heterocycles. The van der Waals surface area contributed by atoms with Crippen LogP contribution in [0.15, 0.2) is 36.5 Å². The monoisotopic (exact) mass is 227 g/mol. The summed E-state index contributed by atoms with van der Waals surface area (Å²) in [5.41, 5.74) is 8.40. The Kier molecular flexibility index (Phi) is 2.48. The molecule has 0 radical (unpaired) electrons. The predicted molar refractivity (Wildman–Crippen MR) is 68.5 cm³/mol. The number of nitrogens with two attached hydrogens (primary N) is 1. The summed E-state index contributed by atoms with van der Waals surface area (Å²) in [5.74, 6) is 1.01. The van der Waals surface area contributed by atoms with Crippen LogP contribution < -0.4 is 5.73 Å². The molecule has 88 valence electrons. The summed E-state index contributed by atoms with van der Waals surface area (Å²) in [6, 6.07) is 11.0. The van der Waals surface area contributed by atoms with Crippen molar-refractivity contribution in [2.45, 2.75) is 31.8 Å². The van der Waals surface area contributed by atoms with Gasteiger partial charge in [0.05, 0.1) is 17.9 Å². The third kappa shape index (κ3) is 1.87. The number of imidazole rings is 1. The standard InChI is InChI=1S/C14H17N3/c1-10(15)14-16-9-13(17(14)12-7-8-12)11-5-3-2-4-6-11/h2-6,9-10,12H,7-8,15H2,1H3. The molecule has 3 rings (SSSR count). The van der Waals surface area contributed by atoms with Gasteiger partial charge in [-0.1, -0.05) is 30.3 Å². The van der Waals surface area contributed by atoms with E-state index in [1.54, 1.807) is 0 Å². The van der Waals surface area contributed by atoms with Gasteiger partial charge in [0, 0.05) is 6.04 Å². The van der Waals surface area contributed by atoms with Crippen LogP contribution >= 0.6 is 0 Å². The van der Waals surface area contributed by atoms with Gasteiger partial charge in [0.15, 0.2) is 0 Å². The Balaban J connectivity index is 2.11. The lowest BCUT2D eigenvalue weighted by atomic mass is 10.1. The molecular formula is C14H17N3. The van der Waals surface area contributed by atoms with Gasteiger partial charge in [0.25, 0.3) is 0 Å². The first-order valence-electron chi connectivity index (χ1n) is 6.15. The van der Waals surface area contributed by atoms with Crippen molar-refractivity contribution in [1.82, 2.24) is 9.55 Å². The van der Waals surface area contributed by atoms with Crippen molar-refractivity contribution in [2.24, 2.45) is 5.73 Å². The third-order valence-electron chi connectivity index (χ3n) is 3.21. The van der Waals surface area contributed by atoms with Gasteiger partial charge in [-0.2, -0.15) is 0 Å². The summed E-state index contributed by atoms with van der Waals surface area (Å²) in [7, 11) is 0. The second kappa shape index (κ2) is 4.00. The molecule has 1 atom stereocenters. The van der Waals surface area contributed by atoms with Crippen LogP contribution in [0, 0.1) is 0 Å². The van der Waals surface area contributed by atoms with E-state index in [1.807, 2.05) is 19.2 Å². The summed E-state index contributed by atoms with van der Waals surface area (Å²) < 4.78 is 2.32. The summed E-state index contributed by atoms with van der Waals surface area (Å²) in [6.07, 6.45) is 4.44. The van der Waals surface area contributed by atoms with Gasteiger partial charge >= 0.3 is 0 Å². The van der Waals surface area contributed by atoms with Crippen LogP contribution in [0.4, 0.5) is 0 Å². The van der Waals surface area contributed by atoms with Crippen molar-refractivity contribution < 1.29 is 0 Å². The maximum absolute atomic E-state index is 5.99. The first-order chi connectivity index (χ1) is 8.27. The highest BCUT2D eigenvalue weighted by Gasteiger charge is 2.29. The van der Waals surface area contributed by atoms with Crippen LogP contribution in [-0.2, 0) is 0 Å². The summed E-state index contributed by atoms with van der Waals surface area (Å²) >= 11 is 0. The molecular weight excluding hydrogens is 210 g/mol. The Morgan fingerprint density at radius 2 is 2.00 bits per heavy atom. The Labute approximate surface area is 101 Å². The SMILES string of the molecule is CC(N)c1ncc(-c2ccccc2)n1C1CC1.